The Balaban J connectivity index is 2.00. The fraction of sp³-hybridized carbons (Fsp3) is 0.588. The number of likely N-dealkylation sites (tertiary alicyclic amines) is 1. The molecule has 0 spiro atoms. The SMILES string of the molecule is Cc1cccc(C)c1OCC(=O)N1CCCCC1C(C)N. The van der Waals surface area contributed by atoms with E-state index in [9.17, 15) is 4.79 Å². The van der Waals surface area contributed by atoms with E-state index in [4.69, 9.17) is 10.5 Å². The fourth-order valence-electron chi connectivity index (χ4n) is 3.06. The summed E-state index contributed by atoms with van der Waals surface area (Å²) in [7, 11) is 0. The normalized spacial score (nSPS) is 20.2. The second kappa shape index (κ2) is 6.94. The molecule has 1 aromatic rings. The lowest BCUT2D eigenvalue weighted by molar-refractivity contribution is -0.137. The first kappa shape index (κ1) is 15.8. The number of carbonyl (C=O) groups is 1. The highest BCUT2D eigenvalue weighted by Crippen LogP contribution is 2.23. The summed E-state index contributed by atoms with van der Waals surface area (Å²) < 4.78 is 5.78. The second-order valence-corrected chi connectivity index (χ2v) is 6.02. The summed E-state index contributed by atoms with van der Waals surface area (Å²) in [5, 5.41) is 0. The van der Waals surface area contributed by atoms with Crippen molar-refractivity contribution in [3.05, 3.63) is 29.3 Å². The lowest BCUT2D eigenvalue weighted by Gasteiger charge is -2.38. The van der Waals surface area contributed by atoms with E-state index in [-0.39, 0.29) is 24.6 Å². The number of carbonyl (C=O) groups excluding carboxylic acids is 1. The molecule has 2 atom stereocenters. The van der Waals surface area contributed by atoms with Crippen molar-refractivity contribution in [3.8, 4) is 5.75 Å². The van der Waals surface area contributed by atoms with Gasteiger partial charge in [-0.25, -0.2) is 0 Å². The Labute approximate surface area is 127 Å². The van der Waals surface area contributed by atoms with Crippen LogP contribution in [0.4, 0.5) is 0 Å². The van der Waals surface area contributed by atoms with Gasteiger partial charge in [0.2, 0.25) is 0 Å². The van der Waals surface area contributed by atoms with Gasteiger partial charge in [0.15, 0.2) is 6.61 Å². The van der Waals surface area contributed by atoms with Crippen LogP contribution in [0.2, 0.25) is 0 Å². The summed E-state index contributed by atoms with van der Waals surface area (Å²) in [6, 6.07) is 6.15. The molecule has 1 aliphatic heterocycles. The van der Waals surface area contributed by atoms with Crippen LogP contribution in [0.15, 0.2) is 18.2 Å². The molecule has 1 fully saturated rings. The van der Waals surface area contributed by atoms with Gasteiger partial charge < -0.3 is 15.4 Å². The number of rotatable bonds is 4. The van der Waals surface area contributed by atoms with Crippen LogP contribution in [0.25, 0.3) is 0 Å². The first-order chi connectivity index (χ1) is 10.0. The molecule has 0 saturated carbocycles. The molecule has 116 valence electrons. The zero-order valence-corrected chi connectivity index (χ0v) is 13.3. The molecule has 2 unspecified atom stereocenters. The summed E-state index contributed by atoms with van der Waals surface area (Å²) in [4.78, 5) is 14.4. The molecule has 1 aliphatic rings. The Hall–Kier alpha value is -1.55. The van der Waals surface area contributed by atoms with Gasteiger partial charge in [0.05, 0.1) is 0 Å². The summed E-state index contributed by atoms with van der Waals surface area (Å²) in [5.41, 5.74) is 8.14. The molecule has 0 aromatic heterocycles. The van der Waals surface area contributed by atoms with Crippen molar-refractivity contribution in [2.75, 3.05) is 13.2 Å². The van der Waals surface area contributed by atoms with Crippen molar-refractivity contribution in [2.45, 2.75) is 52.1 Å². The van der Waals surface area contributed by atoms with Crippen LogP contribution in [0, 0.1) is 13.8 Å². The zero-order valence-electron chi connectivity index (χ0n) is 13.3. The van der Waals surface area contributed by atoms with Crippen LogP contribution in [0.3, 0.4) is 0 Å². The zero-order chi connectivity index (χ0) is 15.4. The number of ether oxygens (including phenoxy) is 1. The average molecular weight is 290 g/mol. The Kier molecular flexibility index (Phi) is 5.23. The molecule has 1 aromatic carbocycles. The fourth-order valence-corrected chi connectivity index (χ4v) is 3.06. The van der Waals surface area contributed by atoms with Crippen molar-refractivity contribution in [2.24, 2.45) is 5.73 Å². The number of aryl methyl sites for hydroxylation is 2. The van der Waals surface area contributed by atoms with Crippen molar-refractivity contribution in [1.82, 2.24) is 4.90 Å². The van der Waals surface area contributed by atoms with Crippen LogP contribution in [0.1, 0.15) is 37.3 Å². The molecule has 1 saturated heterocycles. The topological polar surface area (TPSA) is 55.6 Å². The smallest absolute Gasteiger partial charge is 0.260 e. The number of hydrogen-bond acceptors (Lipinski definition) is 3. The number of para-hydroxylation sites is 1. The van der Waals surface area contributed by atoms with E-state index in [1.165, 1.54) is 0 Å². The Morgan fingerprint density at radius 1 is 1.38 bits per heavy atom. The molecular formula is C17H26N2O2. The molecule has 2 rings (SSSR count). The first-order valence-electron chi connectivity index (χ1n) is 7.74. The average Bonchev–Trinajstić information content (AvgIpc) is 2.46. The van der Waals surface area contributed by atoms with Crippen LogP contribution in [-0.2, 0) is 4.79 Å². The Morgan fingerprint density at radius 2 is 2.05 bits per heavy atom. The third-order valence-electron chi connectivity index (χ3n) is 4.23. The van der Waals surface area contributed by atoms with E-state index in [1.807, 2.05) is 43.9 Å². The van der Waals surface area contributed by atoms with E-state index in [0.717, 1.165) is 42.7 Å². The van der Waals surface area contributed by atoms with Crippen LogP contribution in [-0.4, -0.2) is 36.0 Å². The van der Waals surface area contributed by atoms with Crippen molar-refractivity contribution in [1.29, 1.82) is 0 Å². The van der Waals surface area contributed by atoms with Crippen molar-refractivity contribution < 1.29 is 9.53 Å². The van der Waals surface area contributed by atoms with Crippen LogP contribution in [0.5, 0.6) is 5.75 Å². The summed E-state index contributed by atoms with van der Waals surface area (Å²) in [6.07, 6.45) is 3.19. The van der Waals surface area contributed by atoms with E-state index in [2.05, 4.69) is 0 Å². The molecule has 1 heterocycles. The van der Waals surface area contributed by atoms with E-state index in [0.29, 0.717) is 0 Å². The first-order valence-corrected chi connectivity index (χ1v) is 7.74. The maximum atomic E-state index is 12.5. The molecule has 4 heteroatoms. The predicted octanol–water partition coefficient (Wildman–Crippen LogP) is 2.41. The molecule has 0 bridgehead atoms. The third-order valence-corrected chi connectivity index (χ3v) is 4.23. The third kappa shape index (κ3) is 3.76. The highest BCUT2D eigenvalue weighted by molar-refractivity contribution is 5.78. The van der Waals surface area contributed by atoms with Gasteiger partial charge in [-0.15, -0.1) is 0 Å². The van der Waals surface area contributed by atoms with Gasteiger partial charge in [-0.1, -0.05) is 18.2 Å². The minimum absolute atomic E-state index is 0.00875. The largest absolute Gasteiger partial charge is 0.483 e. The minimum Gasteiger partial charge on any atom is -0.483 e. The number of hydrogen-bond donors (Lipinski definition) is 1. The van der Waals surface area contributed by atoms with E-state index < -0.39 is 0 Å². The molecule has 4 nitrogen and oxygen atoms in total. The van der Waals surface area contributed by atoms with Gasteiger partial charge >= 0.3 is 0 Å². The van der Waals surface area contributed by atoms with Crippen LogP contribution < -0.4 is 10.5 Å². The van der Waals surface area contributed by atoms with Crippen molar-refractivity contribution >= 4 is 5.91 Å². The lowest BCUT2D eigenvalue weighted by Crippen LogP contribution is -2.52. The number of amides is 1. The maximum absolute atomic E-state index is 12.5. The summed E-state index contributed by atoms with van der Waals surface area (Å²) in [6.45, 7) is 6.86. The Morgan fingerprint density at radius 3 is 2.67 bits per heavy atom. The molecule has 2 N–H and O–H groups in total. The highest BCUT2D eigenvalue weighted by Gasteiger charge is 2.29. The van der Waals surface area contributed by atoms with E-state index in [1.54, 1.807) is 0 Å². The van der Waals surface area contributed by atoms with E-state index >= 15 is 0 Å². The number of nitrogens with zero attached hydrogens (tertiary/aromatic N) is 1. The lowest BCUT2D eigenvalue weighted by atomic mass is 9.97. The summed E-state index contributed by atoms with van der Waals surface area (Å²) in [5.74, 6) is 0.861. The van der Waals surface area contributed by atoms with Gasteiger partial charge in [0.25, 0.3) is 5.91 Å². The minimum atomic E-state index is 0.00875. The van der Waals surface area contributed by atoms with Crippen LogP contribution >= 0.6 is 0 Å². The summed E-state index contributed by atoms with van der Waals surface area (Å²) >= 11 is 0. The standard InChI is InChI=1S/C17H26N2O2/c1-12-7-6-8-13(2)17(12)21-11-16(20)19-10-5-4-9-15(19)14(3)18/h6-8,14-15H,4-5,9-11,18H2,1-3H3. The molecule has 0 aliphatic carbocycles. The van der Waals surface area contributed by atoms with Gasteiger partial charge in [0.1, 0.15) is 5.75 Å². The van der Waals surface area contributed by atoms with Gasteiger partial charge in [-0.2, -0.15) is 0 Å². The van der Waals surface area contributed by atoms with Gasteiger partial charge in [0, 0.05) is 18.6 Å². The number of nitrogens with two attached hydrogens (primary N) is 1. The quantitative estimate of drug-likeness (QED) is 0.926. The molecule has 21 heavy (non-hydrogen) atoms. The highest BCUT2D eigenvalue weighted by atomic mass is 16.5. The Bertz CT molecular complexity index is 479. The van der Waals surface area contributed by atoms with Gasteiger partial charge in [-0.3, -0.25) is 4.79 Å². The van der Waals surface area contributed by atoms with Gasteiger partial charge in [-0.05, 0) is 51.2 Å². The second-order valence-electron chi connectivity index (χ2n) is 6.02. The monoisotopic (exact) mass is 290 g/mol. The number of benzene rings is 1. The van der Waals surface area contributed by atoms with Crippen molar-refractivity contribution in [3.63, 3.8) is 0 Å². The number of piperidine rings is 1. The maximum Gasteiger partial charge on any atom is 0.260 e. The molecular weight excluding hydrogens is 264 g/mol. The molecule has 1 amide bonds. The predicted molar refractivity (Wildman–Crippen MR) is 84.4 cm³/mol. The molecule has 0 radical (unpaired) electrons.